The van der Waals surface area contributed by atoms with Gasteiger partial charge in [-0.15, -0.1) is 0 Å². The molecule has 0 amide bonds. The molecular weight excluding hydrogens is 271 g/mol. The first-order valence-electron chi connectivity index (χ1n) is 7.28. The van der Waals surface area contributed by atoms with Gasteiger partial charge in [-0.3, -0.25) is 4.99 Å². The standard InChI is InChI=1S/C16H23FN2S/c1-4-16(5-2)10-18-15(20-11-16)19-12(3)13-7-6-8-14(17)9-13/h6-9,12H,4-5,10-11H2,1-3H3,(H,18,19). The number of hydrogen-bond acceptors (Lipinski definition) is 3. The van der Waals surface area contributed by atoms with Crippen LogP contribution in [-0.4, -0.2) is 17.5 Å². The summed E-state index contributed by atoms with van der Waals surface area (Å²) in [5, 5.41) is 4.38. The molecule has 1 heterocycles. The van der Waals surface area contributed by atoms with Crippen LogP contribution in [0.25, 0.3) is 0 Å². The van der Waals surface area contributed by atoms with E-state index in [1.807, 2.05) is 13.0 Å². The summed E-state index contributed by atoms with van der Waals surface area (Å²) < 4.78 is 13.2. The highest BCUT2D eigenvalue weighted by molar-refractivity contribution is 8.13. The summed E-state index contributed by atoms with van der Waals surface area (Å²) in [6, 6.07) is 6.82. The Morgan fingerprint density at radius 3 is 2.70 bits per heavy atom. The fraction of sp³-hybridized carbons (Fsp3) is 0.562. The van der Waals surface area contributed by atoms with Gasteiger partial charge in [0.05, 0.1) is 6.04 Å². The predicted molar refractivity (Wildman–Crippen MR) is 85.7 cm³/mol. The molecule has 0 aliphatic carbocycles. The predicted octanol–water partition coefficient (Wildman–Crippen LogP) is 4.39. The molecule has 110 valence electrons. The van der Waals surface area contributed by atoms with E-state index in [0.29, 0.717) is 5.41 Å². The average molecular weight is 294 g/mol. The summed E-state index contributed by atoms with van der Waals surface area (Å²) in [5.41, 5.74) is 1.31. The van der Waals surface area contributed by atoms with E-state index < -0.39 is 0 Å². The van der Waals surface area contributed by atoms with Crippen molar-refractivity contribution in [3.05, 3.63) is 35.6 Å². The zero-order chi connectivity index (χ0) is 14.6. The first-order chi connectivity index (χ1) is 9.58. The molecular formula is C16H23FN2S. The van der Waals surface area contributed by atoms with Gasteiger partial charge in [0.25, 0.3) is 0 Å². The van der Waals surface area contributed by atoms with Crippen molar-refractivity contribution >= 4 is 16.9 Å². The topological polar surface area (TPSA) is 24.4 Å². The van der Waals surface area contributed by atoms with E-state index in [4.69, 9.17) is 0 Å². The van der Waals surface area contributed by atoms with Crippen LogP contribution in [0.4, 0.5) is 4.39 Å². The molecule has 1 aliphatic rings. The third kappa shape index (κ3) is 3.54. The van der Waals surface area contributed by atoms with E-state index in [9.17, 15) is 4.39 Å². The van der Waals surface area contributed by atoms with Gasteiger partial charge in [-0.05, 0) is 42.9 Å². The van der Waals surface area contributed by atoms with Gasteiger partial charge in [0, 0.05) is 12.3 Å². The van der Waals surface area contributed by atoms with Crippen LogP contribution in [0.5, 0.6) is 0 Å². The van der Waals surface area contributed by atoms with Crippen LogP contribution in [-0.2, 0) is 0 Å². The van der Waals surface area contributed by atoms with Crippen LogP contribution in [0.15, 0.2) is 29.3 Å². The van der Waals surface area contributed by atoms with Gasteiger partial charge in [0.2, 0.25) is 0 Å². The van der Waals surface area contributed by atoms with Crippen molar-refractivity contribution in [2.24, 2.45) is 10.4 Å². The number of nitrogens with one attached hydrogen (secondary N) is 1. The molecule has 2 rings (SSSR count). The molecule has 1 aromatic carbocycles. The van der Waals surface area contributed by atoms with Crippen LogP contribution in [0.2, 0.25) is 0 Å². The lowest BCUT2D eigenvalue weighted by atomic mass is 9.84. The SMILES string of the molecule is CCC1(CC)CN=C(NC(C)c2cccc(F)c2)SC1. The molecule has 1 unspecified atom stereocenters. The molecule has 0 fully saturated rings. The molecule has 1 atom stereocenters. The molecule has 1 aliphatic heterocycles. The van der Waals surface area contributed by atoms with Gasteiger partial charge in [-0.1, -0.05) is 37.7 Å². The third-order valence-electron chi connectivity index (χ3n) is 4.26. The van der Waals surface area contributed by atoms with E-state index in [1.165, 1.54) is 18.9 Å². The zero-order valence-electron chi connectivity index (χ0n) is 12.4. The summed E-state index contributed by atoms with van der Waals surface area (Å²) in [6.07, 6.45) is 2.35. The van der Waals surface area contributed by atoms with Gasteiger partial charge in [0.15, 0.2) is 5.17 Å². The number of thioether (sulfide) groups is 1. The number of rotatable bonds is 4. The van der Waals surface area contributed by atoms with Gasteiger partial charge in [0.1, 0.15) is 5.82 Å². The second kappa shape index (κ2) is 6.61. The Labute approximate surface area is 125 Å². The Morgan fingerprint density at radius 2 is 2.15 bits per heavy atom. The Kier molecular flexibility index (Phi) is 5.08. The largest absolute Gasteiger partial charge is 0.358 e. The van der Waals surface area contributed by atoms with Crippen molar-refractivity contribution in [3.63, 3.8) is 0 Å². The molecule has 0 radical (unpaired) electrons. The van der Waals surface area contributed by atoms with Crippen molar-refractivity contribution in [1.82, 2.24) is 5.32 Å². The van der Waals surface area contributed by atoms with Crippen molar-refractivity contribution < 1.29 is 4.39 Å². The van der Waals surface area contributed by atoms with Crippen LogP contribution < -0.4 is 5.32 Å². The maximum Gasteiger partial charge on any atom is 0.157 e. The molecule has 0 bridgehead atoms. The first-order valence-corrected chi connectivity index (χ1v) is 8.26. The number of aliphatic imine (C=N–C) groups is 1. The minimum absolute atomic E-state index is 0.0766. The van der Waals surface area contributed by atoms with Gasteiger partial charge in [-0.25, -0.2) is 4.39 Å². The second-order valence-electron chi connectivity index (χ2n) is 5.54. The average Bonchev–Trinajstić information content (AvgIpc) is 2.48. The normalized spacial score (nSPS) is 19.3. The van der Waals surface area contributed by atoms with E-state index in [0.717, 1.165) is 23.0 Å². The lowest BCUT2D eigenvalue weighted by Crippen LogP contribution is -2.35. The van der Waals surface area contributed by atoms with E-state index >= 15 is 0 Å². The van der Waals surface area contributed by atoms with Crippen molar-refractivity contribution in [2.45, 2.75) is 39.7 Å². The molecule has 2 nitrogen and oxygen atoms in total. The van der Waals surface area contributed by atoms with Crippen LogP contribution in [0.3, 0.4) is 0 Å². The van der Waals surface area contributed by atoms with Gasteiger partial charge in [-0.2, -0.15) is 0 Å². The highest BCUT2D eigenvalue weighted by Crippen LogP contribution is 2.35. The minimum atomic E-state index is -0.189. The quantitative estimate of drug-likeness (QED) is 0.891. The Hall–Kier alpha value is -1.03. The monoisotopic (exact) mass is 294 g/mol. The smallest absolute Gasteiger partial charge is 0.157 e. The number of halogens is 1. The maximum absolute atomic E-state index is 13.2. The Bertz CT molecular complexity index is 483. The van der Waals surface area contributed by atoms with Crippen molar-refractivity contribution in [3.8, 4) is 0 Å². The van der Waals surface area contributed by atoms with Gasteiger partial charge < -0.3 is 5.32 Å². The zero-order valence-corrected chi connectivity index (χ0v) is 13.3. The molecule has 20 heavy (non-hydrogen) atoms. The summed E-state index contributed by atoms with van der Waals surface area (Å²) in [7, 11) is 0. The summed E-state index contributed by atoms with van der Waals surface area (Å²) >= 11 is 1.79. The third-order valence-corrected chi connectivity index (χ3v) is 5.54. The minimum Gasteiger partial charge on any atom is -0.358 e. The van der Waals surface area contributed by atoms with Crippen molar-refractivity contribution in [1.29, 1.82) is 0 Å². The molecule has 1 aromatic rings. The number of benzene rings is 1. The number of amidine groups is 1. The van der Waals surface area contributed by atoms with E-state index in [-0.39, 0.29) is 11.9 Å². The van der Waals surface area contributed by atoms with Crippen molar-refractivity contribution in [2.75, 3.05) is 12.3 Å². The first kappa shape index (κ1) is 15.4. The molecule has 0 saturated carbocycles. The molecule has 0 aromatic heterocycles. The van der Waals surface area contributed by atoms with Crippen LogP contribution >= 0.6 is 11.8 Å². The second-order valence-corrected chi connectivity index (χ2v) is 6.50. The molecule has 4 heteroatoms. The Balaban J connectivity index is 1.99. The van der Waals surface area contributed by atoms with E-state index in [1.54, 1.807) is 23.9 Å². The lowest BCUT2D eigenvalue weighted by molar-refractivity contribution is 0.318. The summed E-state index contributed by atoms with van der Waals surface area (Å²) in [4.78, 5) is 4.69. The highest BCUT2D eigenvalue weighted by Gasteiger charge is 2.30. The fourth-order valence-corrected chi connectivity index (χ4v) is 3.72. The molecule has 0 saturated heterocycles. The summed E-state index contributed by atoms with van der Waals surface area (Å²) in [5.74, 6) is 0.923. The van der Waals surface area contributed by atoms with Gasteiger partial charge >= 0.3 is 0 Å². The lowest BCUT2D eigenvalue weighted by Gasteiger charge is -2.34. The highest BCUT2D eigenvalue weighted by atomic mass is 32.2. The maximum atomic E-state index is 13.2. The number of nitrogens with zero attached hydrogens (tertiary/aromatic N) is 1. The molecule has 1 N–H and O–H groups in total. The summed E-state index contributed by atoms with van der Waals surface area (Å²) in [6.45, 7) is 7.42. The van der Waals surface area contributed by atoms with E-state index in [2.05, 4.69) is 24.2 Å². The van der Waals surface area contributed by atoms with Crippen LogP contribution in [0, 0.1) is 11.2 Å². The van der Waals surface area contributed by atoms with Crippen LogP contribution in [0.1, 0.15) is 45.2 Å². The fourth-order valence-electron chi connectivity index (χ4n) is 2.36. The molecule has 0 spiro atoms. The number of hydrogen-bond donors (Lipinski definition) is 1. The Morgan fingerprint density at radius 1 is 1.40 bits per heavy atom.